The first-order chi connectivity index (χ1) is 10.9. The van der Waals surface area contributed by atoms with E-state index in [-0.39, 0.29) is 29.5 Å². The van der Waals surface area contributed by atoms with Gasteiger partial charge in [0.25, 0.3) is 0 Å². The van der Waals surface area contributed by atoms with Gasteiger partial charge in [-0.1, -0.05) is 38.5 Å². The Labute approximate surface area is 155 Å². The first-order valence-electron chi connectivity index (χ1n) is 8.18. The highest BCUT2D eigenvalue weighted by atomic mass is 35.5. The van der Waals surface area contributed by atoms with Crippen LogP contribution < -0.4 is 17.7 Å². The van der Waals surface area contributed by atoms with Crippen molar-refractivity contribution in [3.05, 3.63) is 30.3 Å². The number of thioether (sulfide) groups is 1. The minimum absolute atomic E-state index is 0. The molecule has 0 radical (unpaired) electrons. The zero-order chi connectivity index (χ0) is 17.1. The average molecular weight is 373 g/mol. The Hall–Kier alpha value is -1.20. The van der Waals surface area contributed by atoms with Crippen LogP contribution in [0.5, 0.6) is 0 Å². The molecule has 6 heteroatoms. The van der Waals surface area contributed by atoms with Crippen LogP contribution in [-0.4, -0.2) is 28.3 Å². The van der Waals surface area contributed by atoms with E-state index in [1.54, 1.807) is 11.8 Å². The van der Waals surface area contributed by atoms with Gasteiger partial charge in [0.05, 0.1) is 0 Å². The minimum atomic E-state index is -0.794. The summed E-state index contributed by atoms with van der Waals surface area (Å²) in [4.78, 5) is 23.9. The summed E-state index contributed by atoms with van der Waals surface area (Å²) in [5.41, 5.74) is 0. The van der Waals surface area contributed by atoms with Crippen LogP contribution in [0.3, 0.4) is 0 Å². The van der Waals surface area contributed by atoms with Gasteiger partial charge in [0.15, 0.2) is 0 Å². The van der Waals surface area contributed by atoms with Gasteiger partial charge >= 0.3 is 5.97 Å². The summed E-state index contributed by atoms with van der Waals surface area (Å²) in [7, 11) is 0. The normalized spacial score (nSPS) is 12.8. The van der Waals surface area contributed by atoms with Crippen molar-refractivity contribution in [3.8, 4) is 0 Å². The second-order valence-electron chi connectivity index (χ2n) is 5.96. The monoisotopic (exact) mass is 372 g/mol. The molecule has 0 aliphatic heterocycles. The third-order valence-corrected chi connectivity index (χ3v) is 5.12. The van der Waals surface area contributed by atoms with Gasteiger partial charge in [0.1, 0.15) is 0 Å². The largest absolute Gasteiger partial charge is 1.00 e. The van der Waals surface area contributed by atoms with Crippen molar-refractivity contribution >= 4 is 23.6 Å². The lowest BCUT2D eigenvalue weighted by molar-refractivity contribution is -0.137. The number of rotatable bonds is 11. The fraction of sp³-hybridized carbons (Fsp3) is 0.556. The zero-order valence-corrected chi connectivity index (χ0v) is 16.0. The maximum atomic E-state index is 11.9. The molecule has 0 spiro atoms. The molecule has 24 heavy (non-hydrogen) atoms. The first kappa shape index (κ1) is 22.8. The number of hydrogen-bond acceptors (Lipinski definition) is 3. The molecule has 1 unspecified atom stereocenters. The van der Waals surface area contributed by atoms with Crippen LogP contribution in [0.15, 0.2) is 35.2 Å². The lowest BCUT2D eigenvalue weighted by Gasteiger charge is -2.28. The smallest absolute Gasteiger partial charge is 0.303 e. The Morgan fingerprint density at radius 1 is 1.17 bits per heavy atom. The van der Waals surface area contributed by atoms with Gasteiger partial charge in [-0.05, 0) is 31.4 Å². The number of halogens is 1. The van der Waals surface area contributed by atoms with E-state index in [0.29, 0.717) is 25.8 Å². The third-order valence-electron chi connectivity index (χ3n) is 3.71. The van der Waals surface area contributed by atoms with Crippen molar-refractivity contribution in [3.63, 3.8) is 0 Å². The number of carboxylic acid groups (broad SMARTS) is 1. The number of aliphatic carboxylic acids is 1. The van der Waals surface area contributed by atoms with E-state index < -0.39 is 5.97 Å². The molecule has 0 aromatic heterocycles. The predicted octanol–water partition coefficient (Wildman–Crippen LogP) is 1.10. The number of benzene rings is 1. The van der Waals surface area contributed by atoms with Crippen LogP contribution in [-0.2, 0) is 9.59 Å². The van der Waals surface area contributed by atoms with Gasteiger partial charge in [-0.2, -0.15) is 0 Å². The summed E-state index contributed by atoms with van der Waals surface area (Å²) in [6.45, 7) is 4.85. The molecule has 1 amide bonds. The fourth-order valence-corrected chi connectivity index (χ4v) is 3.51. The van der Waals surface area contributed by atoms with Crippen LogP contribution >= 0.6 is 11.8 Å². The molecule has 4 nitrogen and oxygen atoms in total. The van der Waals surface area contributed by atoms with Gasteiger partial charge in [0.2, 0.25) is 5.91 Å². The molecule has 1 aromatic rings. The van der Waals surface area contributed by atoms with Crippen LogP contribution in [0.2, 0.25) is 0 Å². The summed E-state index contributed by atoms with van der Waals surface area (Å²) < 4.78 is -0.262. The van der Waals surface area contributed by atoms with Crippen LogP contribution in [0.4, 0.5) is 0 Å². The highest BCUT2D eigenvalue weighted by Gasteiger charge is 2.27. The molecular weight excluding hydrogens is 346 g/mol. The second kappa shape index (κ2) is 12.2. The maximum Gasteiger partial charge on any atom is 0.303 e. The predicted molar refractivity (Wildman–Crippen MR) is 94.7 cm³/mol. The number of amides is 1. The number of hydrogen-bond donors (Lipinski definition) is 2. The molecule has 0 saturated heterocycles. The van der Waals surface area contributed by atoms with Gasteiger partial charge in [-0.3, -0.25) is 9.59 Å². The van der Waals surface area contributed by atoms with Crippen molar-refractivity contribution in [1.29, 1.82) is 0 Å². The van der Waals surface area contributed by atoms with Crippen LogP contribution in [0.25, 0.3) is 0 Å². The van der Waals surface area contributed by atoms with Crippen molar-refractivity contribution in [1.82, 2.24) is 5.32 Å². The molecule has 0 aliphatic rings. The van der Waals surface area contributed by atoms with Gasteiger partial charge in [-0.15, -0.1) is 11.8 Å². The Morgan fingerprint density at radius 3 is 2.38 bits per heavy atom. The highest BCUT2D eigenvalue weighted by Crippen LogP contribution is 2.39. The summed E-state index contributed by atoms with van der Waals surface area (Å²) >= 11 is 1.66. The van der Waals surface area contributed by atoms with Gasteiger partial charge < -0.3 is 22.8 Å². The van der Waals surface area contributed by atoms with E-state index in [9.17, 15) is 9.59 Å². The van der Waals surface area contributed by atoms with Crippen molar-refractivity contribution < 1.29 is 27.1 Å². The lowest BCUT2D eigenvalue weighted by atomic mass is 9.98. The third kappa shape index (κ3) is 9.83. The van der Waals surface area contributed by atoms with Gasteiger partial charge in [0, 0.05) is 29.0 Å². The van der Waals surface area contributed by atoms with E-state index in [1.165, 1.54) is 0 Å². The number of carbonyl (C=O) groups excluding carboxylic acids is 1. The van der Waals surface area contributed by atoms with E-state index in [0.717, 1.165) is 17.7 Å². The number of unbranched alkanes of at least 4 members (excludes halogenated alkanes) is 1. The molecule has 1 atom stereocenters. The zero-order valence-electron chi connectivity index (χ0n) is 14.4. The first-order valence-corrected chi connectivity index (χ1v) is 8.99. The van der Waals surface area contributed by atoms with Crippen LogP contribution in [0, 0.1) is 0 Å². The lowest BCUT2D eigenvalue weighted by Crippen LogP contribution is -3.00. The Balaban J connectivity index is 0.00000529. The average Bonchev–Trinajstić information content (AvgIpc) is 2.52. The molecule has 0 heterocycles. The van der Waals surface area contributed by atoms with E-state index in [2.05, 4.69) is 12.2 Å². The summed E-state index contributed by atoms with van der Waals surface area (Å²) in [5.74, 6) is -0.744. The molecular formula is C18H27ClNO3S-. The molecule has 0 fully saturated rings. The molecule has 0 aliphatic carbocycles. The molecule has 136 valence electrons. The topological polar surface area (TPSA) is 66.4 Å². The maximum absolute atomic E-state index is 11.9. The summed E-state index contributed by atoms with van der Waals surface area (Å²) in [5, 5.41) is 11.9. The Morgan fingerprint density at radius 2 is 1.79 bits per heavy atom. The quantitative estimate of drug-likeness (QED) is 0.451. The molecule has 0 bridgehead atoms. The van der Waals surface area contributed by atoms with E-state index in [4.69, 9.17) is 5.11 Å². The Bertz CT molecular complexity index is 498. The van der Waals surface area contributed by atoms with Crippen molar-refractivity contribution in [2.75, 3.05) is 6.54 Å². The molecule has 1 rings (SSSR count). The number of carbonyl (C=O) groups is 2. The number of carboxylic acids is 1. The van der Waals surface area contributed by atoms with E-state index >= 15 is 0 Å². The highest BCUT2D eigenvalue weighted by molar-refractivity contribution is 8.00. The molecule has 0 saturated carbocycles. The summed E-state index contributed by atoms with van der Waals surface area (Å²) in [6, 6.07) is 9.94. The standard InChI is InChI=1S/C18H27NO3S.ClH/c1-3-4-14-19-16(20)10-12-18(2,13-11-17(21)22)23-15-8-6-5-7-9-15;/h5-9H,3-4,10-14H2,1-2H3,(H,19,20)(H,21,22);1H/p-1. The minimum Gasteiger partial charge on any atom is -1.00 e. The van der Waals surface area contributed by atoms with Crippen LogP contribution in [0.1, 0.15) is 52.4 Å². The SMILES string of the molecule is CCCCNC(=O)CCC(C)(CCC(=O)O)Sc1ccccc1.[Cl-]. The van der Waals surface area contributed by atoms with Crippen molar-refractivity contribution in [2.45, 2.75) is 62.0 Å². The Kier molecular flexibility index (Phi) is 11.6. The van der Waals surface area contributed by atoms with Crippen molar-refractivity contribution in [2.24, 2.45) is 0 Å². The van der Waals surface area contributed by atoms with Gasteiger partial charge in [-0.25, -0.2) is 0 Å². The second-order valence-corrected chi connectivity index (χ2v) is 7.62. The number of nitrogens with one attached hydrogen (secondary N) is 1. The fourth-order valence-electron chi connectivity index (χ4n) is 2.24. The van der Waals surface area contributed by atoms with E-state index in [1.807, 2.05) is 37.3 Å². The molecule has 2 N–H and O–H groups in total. The summed E-state index contributed by atoms with van der Waals surface area (Å²) in [6.07, 6.45) is 3.80. The molecule has 1 aromatic carbocycles.